The molecule has 0 saturated carbocycles. The van der Waals surface area contributed by atoms with Gasteiger partial charge in [0.2, 0.25) is 0 Å². The lowest BCUT2D eigenvalue weighted by atomic mass is 10.1. The van der Waals surface area contributed by atoms with E-state index < -0.39 is 5.91 Å². The van der Waals surface area contributed by atoms with E-state index in [0.29, 0.717) is 21.3 Å². The third-order valence-corrected chi connectivity index (χ3v) is 6.75. The van der Waals surface area contributed by atoms with Crippen molar-refractivity contribution in [2.24, 2.45) is 5.10 Å². The molecule has 0 radical (unpaired) electrons. The fourth-order valence-corrected chi connectivity index (χ4v) is 4.48. The van der Waals surface area contributed by atoms with Crippen LogP contribution in [0.1, 0.15) is 37.4 Å². The molecule has 6 nitrogen and oxygen atoms in total. The highest BCUT2D eigenvalue weighted by molar-refractivity contribution is 9.10. The highest BCUT2D eigenvalue weighted by Crippen LogP contribution is 2.24. The summed E-state index contributed by atoms with van der Waals surface area (Å²) in [6.07, 6.45) is 5.08. The Morgan fingerprint density at radius 3 is 2.53 bits per heavy atom. The highest BCUT2D eigenvalue weighted by Gasteiger charge is 2.15. The lowest BCUT2D eigenvalue weighted by molar-refractivity contribution is 0.0956. The number of benzene rings is 3. The van der Waals surface area contributed by atoms with E-state index in [0.717, 1.165) is 27.3 Å². The van der Waals surface area contributed by atoms with Gasteiger partial charge in [0, 0.05) is 33.1 Å². The first kappa shape index (κ1) is 25.3. The number of hydrogen-bond acceptors (Lipinski definition) is 5. The predicted octanol–water partition coefficient (Wildman–Crippen LogP) is 6.46. The first-order valence-corrected chi connectivity index (χ1v) is 12.9. The average Bonchev–Trinajstić information content (AvgIpc) is 2.90. The van der Waals surface area contributed by atoms with Gasteiger partial charge >= 0.3 is 0 Å². The van der Waals surface area contributed by atoms with Crippen LogP contribution in [-0.4, -0.2) is 23.0 Å². The molecule has 0 saturated heterocycles. The van der Waals surface area contributed by atoms with Gasteiger partial charge in [-0.25, -0.2) is 5.43 Å². The number of anilines is 1. The lowest BCUT2D eigenvalue weighted by Crippen LogP contribution is -2.21. The van der Waals surface area contributed by atoms with Gasteiger partial charge in [0.25, 0.3) is 11.8 Å². The van der Waals surface area contributed by atoms with Gasteiger partial charge in [0.1, 0.15) is 0 Å². The molecule has 0 fully saturated rings. The van der Waals surface area contributed by atoms with Crippen LogP contribution in [0, 0.1) is 6.92 Å². The number of thioether (sulfide) groups is 1. The molecular formula is C28H23BrN4O2S. The van der Waals surface area contributed by atoms with Crippen LogP contribution in [0.25, 0.3) is 0 Å². The van der Waals surface area contributed by atoms with Crippen LogP contribution in [0.4, 0.5) is 5.69 Å². The van der Waals surface area contributed by atoms with Crippen molar-refractivity contribution in [2.75, 3.05) is 5.32 Å². The number of hydrazone groups is 1. The third-order valence-electron chi connectivity index (χ3n) is 5.18. The van der Waals surface area contributed by atoms with Crippen molar-refractivity contribution in [3.05, 3.63) is 124 Å². The summed E-state index contributed by atoms with van der Waals surface area (Å²) in [7, 11) is 0. The number of hydrogen-bond donors (Lipinski definition) is 2. The number of carbonyl (C=O) groups is 2. The highest BCUT2D eigenvalue weighted by atomic mass is 79.9. The molecule has 36 heavy (non-hydrogen) atoms. The van der Waals surface area contributed by atoms with Crippen LogP contribution in [0.2, 0.25) is 0 Å². The van der Waals surface area contributed by atoms with Gasteiger partial charge in [-0.1, -0.05) is 57.9 Å². The van der Waals surface area contributed by atoms with Crippen LogP contribution in [0.3, 0.4) is 0 Å². The molecule has 1 heterocycles. The molecule has 2 N–H and O–H groups in total. The molecule has 0 aliphatic heterocycles. The summed E-state index contributed by atoms with van der Waals surface area (Å²) in [4.78, 5) is 31.0. The molecule has 0 aliphatic carbocycles. The molecule has 0 unspecified atom stereocenters. The molecule has 8 heteroatoms. The van der Waals surface area contributed by atoms with Gasteiger partial charge < -0.3 is 5.32 Å². The number of nitrogens with one attached hydrogen (secondary N) is 2. The Labute approximate surface area is 222 Å². The number of nitrogens with zero attached hydrogens (tertiary/aromatic N) is 2. The summed E-state index contributed by atoms with van der Waals surface area (Å²) in [5.41, 5.74) is 6.76. The molecule has 0 bridgehead atoms. The first-order chi connectivity index (χ1) is 17.5. The quantitative estimate of drug-likeness (QED) is 0.147. The molecule has 1 aromatic heterocycles. The standard InChI is InChI=1S/C28H23BrN4O2S/c1-19-5-7-20(8-6-19)17-31-33-28(35)25-16-23(29)9-10-26(25)32-27(34)22-4-2-3-21(15-22)18-36-24-11-13-30-14-12-24/h2-17H,18H2,1H3,(H,32,34)(H,33,35). The Morgan fingerprint density at radius 2 is 1.75 bits per heavy atom. The lowest BCUT2D eigenvalue weighted by Gasteiger charge is -2.11. The summed E-state index contributed by atoms with van der Waals surface area (Å²) in [6.45, 7) is 2.00. The first-order valence-electron chi connectivity index (χ1n) is 11.1. The van der Waals surface area contributed by atoms with Crippen molar-refractivity contribution in [2.45, 2.75) is 17.6 Å². The number of amides is 2. The minimum Gasteiger partial charge on any atom is -0.321 e. The van der Waals surface area contributed by atoms with Gasteiger partial charge in [0.15, 0.2) is 0 Å². The van der Waals surface area contributed by atoms with E-state index >= 15 is 0 Å². The summed E-state index contributed by atoms with van der Waals surface area (Å²) in [6, 6.07) is 24.2. The number of halogens is 1. The van der Waals surface area contributed by atoms with Gasteiger partial charge in [-0.15, -0.1) is 11.8 Å². The second kappa shape index (κ2) is 12.3. The molecule has 0 aliphatic rings. The SMILES string of the molecule is Cc1ccc(C=NNC(=O)c2cc(Br)ccc2NC(=O)c2cccc(CSc3ccncc3)c2)cc1. The van der Waals surface area contributed by atoms with Crippen LogP contribution >= 0.6 is 27.7 Å². The Kier molecular flexibility index (Phi) is 8.65. The number of pyridine rings is 1. The van der Waals surface area contributed by atoms with Crippen LogP contribution in [0.15, 0.2) is 106 Å². The minimum atomic E-state index is -0.433. The summed E-state index contributed by atoms with van der Waals surface area (Å²) >= 11 is 5.07. The minimum absolute atomic E-state index is 0.295. The molecule has 0 spiro atoms. The van der Waals surface area contributed by atoms with E-state index in [1.54, 1.807) is 54.6 Å². The van der Waals surface area contributed by atoms with Gasteiger partial charge in [-0.05, 0) is 60.5 Å². The van der Waals surface area contributed by atoms with Gasteiger partial charge in [-0.2, -0.15) is 5.10 Å². The number of rotatable bonds is 8. The van der Waals surface area contributed by atoms with Crippen LogP contribution < -0.4 is 10.7 Å². The molecule has 4 rings (SSSR count). The van der Waals surface area contributed by atoms with Crippen molar-refractivity contribution < 1.29 is 9.59 Å². The molecule has 2 amide bonds. The van der Waals surface area contributed by atoms with Crippen LogP contribution in [0.5, 0.6) is 0 Å². The van der Waals surface area contributed by atoms with Crippen molar-refractivity contribution in [1.29, 1.82) is 0 Å². The molecule has 4 aromatic rings. The maximum Gasteiger partial charge on any atom is 0.273 e. The second-order valence-electron chi connectivity index (χ2n) is 7.93. The molecule has 0 atom stereocenters. The van der Waals surface area contributed by atoms with Crippen molar-refractivity contribution in [3.8, 4) is 0 Å². The third kappa shape index (κ3) is 7.13. The van der Waals surface area contributed by atoms with E-state index in [9.17, 15) is 9.59 Å². The number of aromatic nitrogens is 1. The fourth-order valence-electron chi connectivity index (χ4n) is 3.29. The zero-order chi connectivity index (χ0) is 25.3. The topological polar surface area (TPSA) is 83.5 Å². The molecular weight excluding hydrogens is 536 g/mol. The molecule has 3 aromatic carbocycles. The number of aryl methyl sites for hydroxylation is 1. The predicted molar refractivity (Wildman–Crippen MR) is 149 cm³/mol. The zero-order valence-electron chi connectivity index (χ0n) is 19.4. The van der Waals surface area contributed by atoms with E-state index in [1.165, 1.54) is 0 Å². The van der Waals surface area contributed by atoms with Crippen LogP contribution in [-0.2, 0) is 5.75 Å². The van der Waals surface area contributed by atoms with E-state index in [1.807, 2.05) is 61.5 Å². The summed E-state index contributed by atoms with van der Waals surface area (Å²) in [5, 5.41) is 6.92. The Morgan fingerprint density at radius 1 is 0.972 bits per heavy atom. The maximum absolute atomic E-state index is 13.0. The monoisotopic (exact) mass is 558 g/mol. The van der Waals surface area contributed by atoms with Crippen molar-refractivity contribution >= 4 is 51.4 Å². The van der Waals surface area contributed by atoms with E-state index in [-0.39, 0.29) is 5.91 Å². The smallest absolute Gasteiger partial charge is 0.273 e. The fraction of sp³-hybridized carbons (Fsp3) is 0.0714. The Bertz CT molecular complexity index is 1390. The van der Waals surface area contributed by atoms with Crippen molar-refractivity contribution in [1.82, 2.24) is 10.4 Å². The van der Waals surface area contributed by atoms with Gasteiger partial charge in [-0.3, -0.25) is 14.6 Å². The number of carbonyl (C=O) groups excluding carboxylic acids is 2. The normalized spacial score (nSPS) is 10.8. The largest absolute Gasteiger partial charge is 0.321 e. The summed E-state index contributed by atoms with van der Waals surface area (Å²) < 4.78 is 0.711. The Hall–Kier alpha value is -3.75. The molecule has 180 valence electrons. The average molecular weight is 559 g/mol. The van der Waals surface area contributed by atoms with E-state index in [4.69, 9.17) is 0 Å². The zero-order valence-corrected chi connectivity index (χ0v) is 21.8. The Balaban J connectivity index is 1.44. The van der Waals surface area contributed by atoms with Gasteiger partial charge in [0.05, 0.1) is 17.5 Å². The van der Waals surface area contributed by atoms with Crippen molar-refractivity contribution in [3.63, 3.8) is 0 Å². The second-order valence-corrected chi connectivity index (χ2v) is 9.89. The maximum atomic E-state index is 13.0. The summed E-state index contributed by atoms with van der Waals surface area (Å²) in [5.74, 6) is -0.0152. The van der Waals surface area contributed by atoms with E-state index in [2.05, 4.69) is 36.8 Å².